The molecule has 2 N–H and O–H groups in total. The van der Waals surface area contributed by atoms with Crippen LogP contribution < -0.4 is 20.1 Å². The summed E-state index contributed by atoms with van der Waals surface area (Å²) in [6.45, 7) is 3.14. The first-order valence-electron chi connectivity index (χ1n) is 9.75. The normalized spacial score (nSPS) is 13.8. The van der Waals surface area contributed by atoms with Crippen LogP contribution in [0.25, 0.3) is 0 Å². The third-order valence-corrected chi connectivity index (χ3v) is 4.75. The van der Waals surface area contributed by atoms with Crippen LogP contribution in [0.3, 0.4) is 0 Å². The predicted octanol–water partition coefficient (Wildman–Crippen LogP) is 4.18. The summed E-state index contributed by atoms with van der Waals surface area (Å²) >= 11 is 0. The molecule has 0 fully saturated rings. The maximum absolute atomic E-state index is 12.7. The van der Waals surface area contributed by atoms with E-state index in [1.54, 1.807) is 36.4 Å². The Morgan fingerprint density at radius 3 is 2.57 bits per heavy atom. The number of nitrogens with one attached hydrogen (secondary N) is 2. The van der Waals surface area contributed by atoms with E-state index in [4.69, 9.17) is 13.9 Å². The summed E-state index contributed by atoms with van der Waals surface area (Å²) in [6.07, 6.45) is 2.27. The van der Waals surface area contributed by atoms with Crippen LogP contribution in [0.1, 0.15) is 45.9 Å². The zero-order chi connectivity index (χ0) is 20.9. The molecule has 0 aliphatic carbocycles. The van der Waals surface area contributed by atoms with Crippen LogP contribution in [0, 0.1) is 0 Å². The molecule has 2 heterocycles. The topological polar surface area (TPSA) is 89.8 Å². The number of carbonyl (C=O) groups is 2. The maximum Gasteiger partial charge on any atom is 0.291 e. The van der Waals surface area contributed by atoms with Gasteiger partial charge in [-0.3, -0.25) is 9.59 Å². The van der Waals surface area contributed by atoms with Crippen molar-refractivity contribution in [3.63, 3.8) is 0 Å². The molecule has 0 radical (unpaired) electrons. The molecule has 3 aromatic rings. The molecule has 0 spiro atoms. The molecule has 30 heavy (non-hydrogen) atoms. The van der Waals surface area contributed by atoms with Crippen molar-refractivity contribution in [2.45, 2.75) is 19.4 Å². The summed E-state index contributed by atoms with van der Waals surface area (Å²) in [5.74, 6) is 0.984. The first kappa shape index (κ1) is 19.6. The molecule has 154 valence electrons. The van der Waals surface area contributed by atoms with Crippen LogP contribution in [0.15, 0.2) is 65.3 Å². The van der Waals surface area contributed by atoms with Gasteiger partial charge in [-0.05, 0) is 55.0 Å². The van der Waals surface area contributed by atoms with Crippen LogP contribution in [0.5, 0.6) is 11.5 Å². The van der Waals surface area contributed by atoms with Crippen molar-refractivity contribution in [2.24, 2.45) is 0 Å². The summed E-state index contributed by atoms with van der Waals surface area (Å²) in [6, 6.07) is 15.4. The molecule has 1 aliphatic rings. The van der Waals surface area contributed by atoms with Gasteiger partial charge in [0, 0.05) is 17.7 Å². The Labute approximate surface area is 174 Å². The van der Waals surface area contributed by atoms with Crippen LogP contribution in [0.4, 0.5) is 5.69 Å². The average molecular weight is 406 g/mol. The highest BCUT2D eigenvalue weighted by Gasteiger charge is 2.17. The highest BCUT2D eigenvalue weighted by Crippen LogP contribution is 2.32. The van der Waals surface area contributed by atoms with Crippen LogP contribution in [-0.4, -0.2) is 25.0 Å². The van der Waals surface area contributed by atoms with Crippen molar-refractivity contribution in [3.05, 3.63) is 77.7 Å². The van der Waals surface area contributed by atoms with Gasteiger partial charge in [-0.15, -0.1) is 0 Å². The van der Waals surface area contributed by atoms with E-state index >= 15 is 0 Å². The smallest absolute Gasteiger partial charge is 0.291 e. The fourth-order valence-electron chi connectivity index (χ4n) is 3.15. The van der Waals surface area contributed by atoms with E-state index < -0.39 is 0 Å². The summed E-state index contributed by atoms with van der Waals surface area (Å²) in [4.78, 5) is 24.9. The second-order valence-corrected chi connectivity index (χ2v) is 6.96. The fourth-order valence-corrected chi connectivity index (χ4v) is 3.15. The Kier molecular flexibility index (Phi) is 5.70. The largest absolute Gasteiger partial charge is 0.490 e. The minimum absolute atomic E-state index is 0.202. The number of furan rings is 1. The third-order valence-electron chi connectivity index (χ3n) is 4.75. The van der Waals surface area contributed by atoms with E-state index in [2.05, 4.69) is 10.6 Å². The number of rotatable bonds is 5. The van der Waals surface area contributed by atoms with Gasteiger partial charge in [-0.1, -0.05) is 12.1 Å². The molecular formula is C23H22N2O5. The van der Waals surface area contributed by atoms with Gasteiger partial charge < -0.3 is 24.5 Å². The van der Waals surface area contributed by atoms with Crippen LogP contribution in [-0.2, 0) is 0 Å². The van der Waals surface area contributed by atoms with Crippen LogP contribution in [0.2, 0.25) is 0 Å². The molecule has 2 amide bonds. The Morgan fingerprint density at radius 2 is 1.77 bits per heavy atom. The molecule has 4 rings (SSSR count). The average Bonchev–Trinajstić information content (AvgIpc) is 3.19. The van der Waals surface area contributed by atoms with Gasteiger partial charge in [0.2, 0.25) is 0 Å². The standard InChI is InChI=1S/C23H22N2O5/c1-15(16-8-9-19-21(14-16)30-12-4-11-28-19)24-22(26)17-5-2-6-18(13-17)25-23(27)20-7-3-10-29-20/h2-3,5-10,13-15H,4,11-12H2,1H3,(H,24,26)(H,25,27). The monoisotopic (exact) mass is 406 g/mol. The second-order valence-electron chi connectivity index (χ2n) is 6.96. The van der Waals surface area contributed by atoms with Crippen molar-refractivity contribution < 1.29 is 23.5 Å². The van der Waals surface area contributed by atoms with Gasteiger partial charge in [0.25, 0.3) is 11.8 Å². The first-order chi connectivity index (χ1) is 14.6. The highest BCUT2D eigenvalue weighted by molar-refractivity contribution is 6.03. The molecule has 2 aromatic carbocycles. The van der Waals surface area contributed by atoms with Crippen molar-refractivity contribution in [2.75, 3.05) is 18.5 Å². The highest BCUT2D eigenvalue weighted by atomic mass is 16.5. The van der Waals surface area contributed by atoms with Crippen LogP contribution >= 0.6 is 0 Å². The maximum atomic E-state index is 12.7. The zero-order valence-corrected chi connectivity index (χ0v) is 16.5. The quantitative estimate of drug-likeness (QED) is 0.663. The minimum atomic E-state index is -0.377. The van der Waals surface area contributed by atoms with E-state index in [1.165, 1.54) is 6.26 Å². The van der Waals surface area contributed by atoms with Gasteiger partial charge in [0.15, 0.2) is 17.3 Å². The Bertz CT molecular complexity index is 1050. The Morgan fingerprint density at radius 1 is 0.933 bits per heavy atom. The lowest BCUT2D eigenvalue weighted by atomic mass is 10.1. The van der Waals surface area contributed by atoms with E-state index in [9.17, 15) is 9.59 Å². The Hall–Kier alpha value is -3.74. The number of carbonyl (C=O) groups excluding carboxylic acids is 2. The van der Waals surface area contributed by atoms with E-state index in [-0.39, 0.29) is 23.6 Å². The number of fused-ring (bicyclic) bond motifs is 1. The van der Waals surface area contributed by atoms with Gasteiger partial charge in [-0.2, -0.15) is 0 Å². The lowest BCUT2D eigenvalue weighted by Gasteiger charge is -2.17. The number of ether oxygens (including phenoxy) is 2. The molecule has 7 nitrogen and oxygen atoms in total. The molecule has 0 saturated carbocycles. The zero-order valence-electron chi connectivity index (χ0n) is 16.5. The number of hydrogen-bond acceptors (Lipinski definition) is 5. The SMILES string of the molecule is CC(NC(=O)c1cccc(NC(=O)c2ccco2)c1)c1ccc2c(c1)OCCCO2. The lowest BCUT2D eigenvalue weighted by Crippen LogP contribution is -2.26. The van der Waals surface area contributed by atoms with Crippen molar-refractivity contribution >= 4 is 17.5 Å². The first-order valence-corrected chi connectivity index (χ1v) is 9.75. The summed E-state index contributed by atoms with van der Waals surface area (Å²) in [5, 5.41) is 5.70. The third kappa shape index (κ3) is 4.46. The minimum Gasteiger partial charge on any atom is -0.490 e. The lowest BCUT2D eigenvalue weighted by molar-refractivity contribution is 0.0938. The molecule has 1 aromatic heterocycles. The van der Waals surface area contributed by atoms with E-state index in [0.29, 0.717) is 30.2 Å². The molecule has 7 heteroatoms. The number of hydrogen-bond donors (Lipinski definition) is 2. The fraction of sp³-hybridized carbons (Fsp3) is 0.217. The number of benzene rings is 2. The summed E-state index contributed by atoms with van der Waals surface area (Å²) in [7, 11) is 0. The van der Waals surface area contributed by atoms with Crippen molar-refractivity contribution in [1.82, 2.24) is 5.32 Å². The molecule has 1 atom stereocenters. The van der Waals surface area contributed by atoms with E-state index in [1.807, 2.05) is 25.1 Å². The molecule has 1 aliphatic heterocycles. The Balaban J connectivity index is 1.43. The van der Waals surface area contributed by atoms with Gasteiger partial charge in [0.05, 0.1) is 25.5 Å². The summed E-state index contributed by atoms with van der Waals surface area (Å²) < 4.78 is 16.5. The van der Waals surface area contributed by atoms with Gasteiger partial charge in [-0.25, -0.2) is 0 Å². The predicted molar refractivity (Wildman–Crippen MR) is 111 cm³/mol. The molecule has 1 unspecified atom stereocenters. The number of amides is 2. The molecular weight excluding hydrogens is 384 g/mol. The van der Waals surface area contributed by atoms with E-state index in [0.717, 1.165) is 17.7 Å². The molecule has 0 bridgehead atoms. The summed E-state index contributed by atoms with van der Waals surface area (Å²) in [5.41, 5.74) is 1.86. The second kappa shape index (κ2) is 8.73. The van der Waals surface area contributed by atoms with Gasteiger partial charge in [0.1, 0.15) is 0 Å². The number of anilines is 1. The van der Waals surface area contributed by atoms with Crippen molar-refractivity contribution in [1.29, 1.82) is 0 Å². The molecule has 0 saturated heterocycles. The van der Waals surface area contributed by atoms with Gasteiger partial charge >= 0.3 is 0 Å². The van der Waals surface area contributed by atoms with Crippen molar-refractivity contribution in [3.8, 4) is 11.5 Å².